The topological polar surface area (TPSA) is 72.2 Å². The van der Waals surface area contributed by atoms with Crippen LogP contribution in [0.5, 0.6) is 0 Å². The van der Waals surface area contributed by atoms with Gasteiger partial charge in [-0.25, -0.2) is 13.6 Å². The maximum absolute atomic E-state index is 10.8. The molecule has 0 amide bonds. The van der Waals surface area contributed by atoms with Gasteiger partial charge in [0.15, 0.2) is 0 Å². The second-order valence-corrected chi connectivity index (χ2v) is 6.64. The number of primary sulfonamides is 1. The van der Waals surface area contributed by atoms with Crippen molar-refractivity contribution in [3.05, 3.63) is 33.8 Å². The van der Waals surface area contributed by atoms with E-state index >= 15 is 0 Å². The minimum Gasteiger partial charge on any atom is -0.310 e. The van der Waals surface area contributed by atoms with Crippen LogP contribution in [-0.2, 0) is 10.0 Å². The number of sulfonamides is 1. The van der Waals surface area contributed by atoms with Gasteiger partial charge in [0.1, 0.15) is 0 Å². The molecule has 0 spiro atoms. The Bertz CT molecular complexity index is 506. The highest BCUT2D eigenvalue weighted by molar-refractivity contribution is 7.89. The van der Waals surface area contributed by atoms with E-state index in [9.17, 15) is 8.42 Å². The van der Waals surface area contributed by atoms with E-state index in [0.717, 1.165) is 5.56 Å². The lowest BCUT2D eigenvalue weighted by Crippen LogP contribution is -2.24. The smallest absolute Gasteiger partial charge is 0.209 e. The van der Waals surface area contributed by atoms with Crippen LogP contribution in [0.25, 0.3) is 0 Å². The minimum absolute atomic E-state index is 0.0234. The average molecular weight is 311 g/mol. The van der Waals surface area contributed by atoms with E-state index in [0.29, 0.717) is 23.0 Å². The average Bonchev–Trinajstić information content (AvgIpc) is 2.22. The molecule has 0 aromatic heterocycles. The molecule has 1 unspecified atom stereocenters. The van der Waals surface area contributed by atoms with Gasteiger partial charge in [-0.1, -0.05) is 29.3 Å². The van der Waals surface area contributed by atoms with Crippen LogP contribution in [0.2, 0.25) is 10.0 Å². The van der Waals surface area contributed by atoms with Crippen LogP contribution in [-0.4, -0.2) is 20.7 Å². The predicted molar refractivity (Wildman–Crippen MR) is 75.5 cm³/mol. The molecule has 1 aromatic carbocycles. The summed E-state index contributed by atoms with van der Waals surface area (Å²) in [5.74, 6) is -0.0267. The van der Waals surface area contributed by atoms with Crippen LogP contribution in [0.3, 0.4) is 0 Å². The Morgan fingerprint density at radius 3 is 2.61 bits per heavy atom. The fraction of sp³-hybridized carbons (Fsp3) is 0.455. The van der Waals surface area contributed by atoms with Crippen molar-refractivity contribution < 1.29 is 8.42 Å². The Hall–Kier alpha value is -0.330. The van der Waals surface area contributed by atoms with E-state index < -0.39 is 10.0 Å². The van der Waals surface area contributed by atoms with Crippen LogP contribution in [0.1, 0.15) is 24.9 Å². The number of rotatable bonds is 6. The monoisotopic (exact) mass is 310 g/mol. The molecular weight excluding hydrogens is 295 g/mol. The van der Waals surface area contributed by atoms with Gasteiger partial charge in [0, 0.05) is 16.1 Å². The third kappa shape index (κ3) is 5.54. The summed E-state index contributed by atoms with van der Waals surface area (Å²) in [6, 6.07) is 5.32. The van der Waals surface area contributed by atoms with Crippen LogP contribution < -0.4 is 10.5 Å². The Kier molecular flexibility index (Phi) is 5.88. The maximum atomic E-state index is 10.8. The van der Waals surface area contributed by atoms with E-state index in [1.165, 1.54) is 0 Å². The fourth-order valence-electron chi connectivity index (χ4n) is 1.55. The second kappa shape index (κ2) is 6.73. The zero-order chi connectivity index (χ0) is 13.8. The third-order valence-electron chi connectivity index (χ3n) is 2.49. The molecule has 1 rings (SSSR count). The molecular formula is C11H16Cl2N2O2S. The number of hydrogen-bond donors (Lipinski definition) is 2. The third-order valence-corrected chi connectivity index (χ3v) is 3.91. The minimum atomic E-state index is -3.38. The number of hydrogen-bond acceptors (Lipinski definition) is 3. The summed E-state index contributed by atoms with van der Waals surface area (Å²) in [6.45, 7) is 2.50. The molecule has 4 nitrogen and oxygen atoms in total. The quantitative estimate of drug-likeness (QED) is 0.792. The van der Waals surface area contributed by atoms with Gasteiger partial charge in [0.05, 0.1) is 5.75 Å². The summed E-state index contributed by atoms with van der Waals surface area (Å²) in [5.41, 5.74) is 0.927. The van der Waals surface area contributed by atoms with E-state index in [1.54, 1.807) is 12.1 Å². The first-order valence-electron chi connectivity index (χ1n) is 5.48. The summed E-state index contributed by atoms with van der Waals surface area (Å²) in [4.78, 5) is 0. The highest BCUT2D eigenvalue weighted by atomic mass is 35.5. The first kappa shape index (κ1) is 15.7. The zero-order valence-electron chi connectivity index (χ0n) is 9.99. The van der Waals surface area contributed by atoms with Crippen molar-refractivity contribution in [2.75, 3.05) is 12.3 Å². The van der Waals surface area contributed by atoms with Gasteiger partial charge >= 0.3 is 0 Å². The summed E-state index contributed by atoms with van der Waals surface area (Å²) in [5, 5.41) is 9.28. The van der Waals surface area contributed by atoms with Crippen LogP contribution in [0, 0.1) is 0 Å². The Morgan fingerprint density at radius 1 is 1.39 bits per heavy atom. The molecule has 0 aliphatic rings. The predicted octanol–water partition coefficient (Wildman–Crippen LogP) is 2.32. The molecule has 0 aliphatic carbocycles. The van der Waals surface area contributed by atoms with Crippen LogP contribution in [0.4, 0.5) is 0 Å². The normalized spacial score (nSPS) is 13.6. The fourth-order valence-corrected chi connectivity index (χ4v) is 2.67. The molecule has 102 valence electrons. The molecule has 1 atom stereocenters. The van der Waals surface area contributed by atoms with E-state index in [-0.39, 0.29) is 11.8 Å². The SMILES string of the molecule is CC(NCCCS(N)(=O)=O)c1ccc(Cl)cc1Cl. The summed E-state index contributed by atoms with van der Waals surface area (Å²) in [6.07, 6.45) is 0.467. The molecule has 0 radical (unpaired) electrons. The van der Waals surface area contributed by atoms with Gasteiger partial charge < -0.3 is 5.32 Å². The van der Waals surface area contributed by atoms with Crippen molar-refractivity contribution >= 4 is 33.2 Å². The van der Waals surface area contributed by atoms with Crippen LogP contribution >= 0.6 is 23.2 Å². The lowest BCUT2D eigenvalue weighted by atomic mass is 10.1. The molecule has 0 saturated carbocycles. The Balaban J connectivity index is 2.48. The van der Waals surface area contributed by atoms with Crippen molar-refractivity contribution in [1.29, 1.82) is 0 Å². The number of nitrogens with one attached hydrogen (secondary N) is 1. The summed E-state index contributed by atoms with van der Waals surface area (Å²) >= 11 is 11.9. The first-order chi connectivity index (χ1) is 8.29. The van der Waals surface area contributed by atoms with Crippen molar-refractivity contribution in [1.82, 2.24) is 5.32 Å². The molecule has 0 saturated heterocycles. The second-order valence-electron chi connectivity index (χ2n) is 4.06. The Labute approximate surface area is 118 Å². The first-order valence-corrected chi connectivity index (χ1v) is 7.95. The molecule has 3 N–H and O–H groups in total. The molecule has 0 fully saturated rings. The molecule has 0 bridgehead atoms. The maximum Gasteiger partial charge on any atom is 0.209 e. The van der Waals surface area contributed by atoms with E-state index in [4.69, 9.17) is 28.3 Å². The molecule has 0 heterocycles. The summed E-state index contributed by atoms with van der Waals surface area (Å²) < 4.78 is 21.5. The molecule has 1 aromatic rings. The van der Waals surface area contributed by atoms with Crippen molar-refractivity contribution in [2.45, 2.75) is 19.4 Å². The number of halogens is 2. The van der Waals surface area contributed by atoms with Gasteiger partial charge in [0.25, 0.3) is 0 Å². The molecule has 0 aliphatic heterocycles. The van der Waals surface area contributed by atoms with Gasteiger partial charge in [-0.2, -0.15) is 0 Å². The lowest BCUT2D eigenvalue weighted by Gasteiger charge is -2.15. The zero-order valence-corrected chi connectivity index (χ0v) is 12.3. The van der Waals surface area contributed by atoms with Crippen molar-refractivity contribution in [3.8, 4) is 0 Å². The highest BCUT2D eigenvalue weighted by Crippen LogP contribution is 2.25. The number of nitrogens with two attached hydrogens (primary N) is 1. The van der Waals surface area contributed by atoms with Gasteiger partial charge in [0.2, 0.25) is 10.0 Å². The standard InChI is InChI=1S/C11H16Cl2N2O2S/c1-8(15-5-2-6-18(14,16)17)10-4-3-9(12)7-11(10)13/h3-4,7-8,15H,2,5-6H2,1H3,(H2,14,16,17). The molecule has 7 heteroatoms. The van der Waals surface area contributed by atoms with Gasteiger partial charge in [-0.3, -0.25) is 0 Å². The van der Waals surface area contributed by atoms with Gasteiger partial charge in [-0.15, -0.1) is 0 Å². The van der Waals surface area contributed by atoms with E-state index in [2.05, 4.69) is 5.32 Å². The van der Waals surface area contributed by atoms with Gasteiger partial charge in [-0.05, 0) is 37.6 Å². The number of benzene rings is 1. The lowest BCUT2D eigenvalue weighted by molar-refractivity contribution is 0.561. The van der Waals surface area contributed by atoms with Crippen molar-refractivity contribution in [3.63, 3.8) is 0 Å². The van der Waals surface area contributed by atoms with E-state index in [1.807, 2.05) is 13.0 Å². The van der Waals surface area contributed by atoms with Crippen molar-refractivity contribution in [2.24, 2.45) is 5.14 Å². The molecule has 18 heavy (non-hydrogen) atoms. The highest BCUT2D eigenvalue weighted by Gasteiger charge is 2.10. The van der Waals surface area contributed by atoms with Crippen LogP contribution in [0.15, 0.2) is 18.2 Å². The Morgan fingerprint density at radius 2 is 2.06 bits per heavy atom. The summed E-state index contributed by atoms with van der Waals surface area (Å²) in [7, 11) is -3.38. The largest absolute Gasteiger partial charge is 0.310 e.